The van der Waals surface area contributed by atoms with Gasteiger partial charge in [-0.15, -0.1) is 0 Å². The van der Waals surface area contributed by atoms with E-state index < -0.39 is 0 Å². The minimum atomic E-state index is 0.552. The Morgan fingerprint density at radius 3 is 2.67 bits per heavy atom. The SMILES string of the molecule is Cc1cnc(N2CCC(C)C(Br)C2)nc1. The predicted octanol–water partition coefficient (Wildman–Crippen LogP) is 2.39. The number of rotatable bonds is 1. The highest BCUT2D eigenvalue weighted by Crippen LogP contribution is 2.25. The molecule has 1 saturated heterocycles. The highest BCUT2D eigenvalue weighted by Gasteiger charge is 2.25. The van der Waals surface area contributed by atoms with E-state index in [4.69, 9.17) is 0 Å². The molecule has 4 heteroatoms. The summed E-state index contributed by atoms with van der Waals surface area (Å²) < 4.78 is 0. The van der Waals surface area contributed by atoms with Gasteiger partial charge in [-0.05, 0) is 24.8 Å². The average Bonchev–Trinajstić information content (AvgIpc) is 2.23. The van der Waals surface area contributed by atoms with Gasteiger partial charge in [0.2, 0.25) is 5.95 Å². The molecule has 0 N–H and O–H groups in total. The second kappa shape index (κ2) is 4.47. The van der Waals surface area contributed by atoms with Crippen molar-refractivity contribution in [1.82, 2.24) is 9.97 Å². The van der Waals surface area contributed by atoms with Crippen molar-refractivity contribution in [1.29, 1.82) is 0 Å². The molecule has 2 rings (SSSR count). The first-order valence-electron chi connectivity index (χ1n) is 5.34. The Morgan fingerprint density at radius 2 is 2.07 bits per heavy atom. The van der Waals surface area contributed by atoms with Gasteiger partial charge in [-0.1, -0.05) is 22.9 Å². The second-order valence-electron chi connectivity index (χ2n) is 4.29. The first kappa shape index (κ1) is 10.9. The number of aryl methyl sites for hydroxylation is 1. The molecule has 2 heterocycles. The van der Waals surface area contributed by atoms with Crippen molar-refractivity contribution in [3.8, 4) is 0 Å². The Morgan fingerprint density at radius 1 is 1.40 bits per heavy atom. The van der Waals surface area contributed by atoms with E-state index in [1.807, 2.05) is 19.3 Å². The highest BCUT2D eigenvalue weighted by molar-refractivity contribution is 9.09. The lowest BCUT2D eigenvalue weighted by atomic mass is 9.99. The van der Waals surface area contributed by atoms with E-state index in [1.54, 1.807) is 0 Å². The van der Waals surface area contributed by atoms with Crippen LogP contribution in [-0.2, 0) is 0 Å². The van der Waals surface area contributed by atoms with Crippen LogP contribution in [0.2, 0.25) is 0 Å². The Balaban J connectivity index is 2.08. The molecule has 0 spiro atoms. The third-order valence-corrected chi connectivity index (χ3v) is 4.11. The van der Waals surface area contributed by atoms with E-state index in [2.05, 4.69) is 37.7 Å². The Labute approximate surface area is 99.0 Å². The minimum Gasteiger partial charge on any atom is -0.340 e. The van der Waals surface area contributed by atoms with Gasteiger partial charge in [0, 0.05) is 30.3 Å². The van der Waals surface area contributed by atoms with E-state index in [1.165, 1.54) is 6.42 Å². The maximum absolute atomic E-state index is 4.36. The van der Waals surface area contributed by atoms with Crippen LogP contribution in [0.3, 0.4) is 0 Å². The van der Waals surface area contributed by atoms with Crippen LogP contribution in [0.15, 0.2) is 12.4 Å². The van der Waals surface area contributed by atoms with Gasteiger partial charge in [0.25, 0.3) is 0 Å². The number of aromatic nitrogens is 2. The molecule has 0 bridgehead atoms. The van der Waals surface area contributed by atoms with Crippen molar-refractivity contribution in [3.63, 3.8) is 0 Å². The quantitative estimate of drug-likeness (QED) is 0.734. The molecule has 2 atom stereocenters. The molecular weight excluding hydrogens is 254 g/mol. The molecule has 0 amide bonds. The molecule has 0 aliphatic carbocycles. The van der Waals surface area contributed by atoms with E-state index in [9.17, 15) is 0 Å². The molecule has 1 aromatic heterocycles. The molecule has 3 nitrogen and oxygen atoms in total. The molecule has 0 radical (unpaired) electrons. The number of anilines is 1. The lowest BCUT2D eigenvalue weighted by Gasteiger charge is -2.34. The summed E-state index contributed by atoms with van der Waals surface area (Å²) in [6, 6.07) is 0. The molecule has 1 aromatic rings. The molecule has 2 unspecified atom stereocenters. The van der Waals surface area contributed by atoms with Gasteiger partial charge < -0.3 is 4.90 Å². The third kappa shape index (κ3) is 2.48. The lowest BCUT2D eigenvalue weighted by Crippen LogP contribution is -2.41. The van der Waals surface area contributed by atoms with Gasteiger partial charge >= 0.3 is 0 Å². The van der Waals surface area contributed by atoms with Gasteiger partial charge in [0.15, 0.2) is 0 Å². The van der Waals surface area contributed by atoms with Gasteiger partial charge in [0.05, 0.1) is 0 Å². The molecule has 0 aromatic carbocycles. The summed E-state index contributed by atoms with van der Waals surface area (Å²) in [7, 11) is 0. The first-order valence-corrected chi connectivity index (χ1v) is 6.26. The molecule has 1 aliphatic rings. The van der Waals surface area contributed by atoms with Gasteiger partial charge in [-0.2, -0.15) is 0 Å². The third-order valence-electron chi connectivity index (χ3n) is 2.92. The van der Waals surface area contributed by atoms with Crippen molar-refractivity contribution in [2.45, 2.75) is 25.1 Å². The van der Waals surface area contributed by atoms with Crippen LogP contribution in [0, 0.1) is 12.8 Å². The summed E-state index contributed by atoms with van der Waals surface area (Å²) >= 11 is 3.71. The van der Waals surface area contributed by atoms with Crippen LogP contribution in [-0.4, -0.2) is 27.9 Å². The normalized spacial score (nSPS) is 26.7. The maximum atomic E-state index is 4.36. The highest BCUT2D eigenvalue weighted by atomic mass is 79.9. The largest absolute Gasteiger partial charge is 0.340 e. The molecule has 15 heavy (non-hydrogen) atoms. The zero-order chi connectivity index (χ0) is 10.8. The van der Waals surface area contributed by atoms with Gasteiger partial charge in [-0.25, -0.2) is 9.97 Å². The molecule has 82 valence electrons. The van der Waals surface area contributed by atoms with E-state index in [-0.39, 0.29) is 0 Å². The van der Waals surface area contributed by atoms with Crippen molar-refractivity contribution in [2.24, 2.45) is 5.92 Å². The fourth-order valence-corrected chi connectivity index (χ4v) is 2.37. The van der Waals surface area contributed by atoms with E-state index >= 15 is 0 Å². The molecule has 1 fully saturated rings. The molecule has 0 saturated carbocycles. The van der Waals surface area contributed by atoms with Gasteiger partial charge in [0.1, 0.15) is 0 Å². The summed E-state index contributed by atoms with van der Waals surface area (Å²) in [5.74, 6) is 1.60. The fourth-order valence-electron chi connectivity index (χ4n) is 1.75. The summed E-state index contributed by atoms with van der Waals surface area (Å²) in [6.45, 7) is 6.36. The predicted molar refractivity (Wildman–Crippen MR) is 65.5 cm³/mol. The Hall–Kier alpha value is -0.640. The van der Waals surface area contributed by atoms with Crippen LogP contribution in [0.4, 0.5) is 5.95 Å². The van der Waals surface area contributed by atoms with Crippen LogP contribution in [0.5, 0.6) is 0 Å². The monoisotopic (exact) mass is 269 g/mol. The smallest absolute Gasteiger partial charge is 0.225 e. The topological polar surface area (TPSA) is 29.0 Å². The number of hydrogen-bond donors (Lipinski definition) is 0. The van der Waals surface area contributed by atoms with Crippen molar-refractivity contribution >= 4 is 21.9 Å². The van der Waals surface area contributed by atoms with E-state index in [0.717, 1.165) is 30.5 Å². The zero-order valence-electron chi connectivity index (χ0n) is 9.15. The lowest BCUT2D eigenvalue weighted by molar-refractivity contribution is 0.452. The number of piperidine rings is 1. The number of halogens is 1. The van der Waals surface area contributed by atoms with Crippen LogP contribution in [0.1, 0.15) is 18.9 Å². The Bertz CT molecular complexity index is 325. The Kier molecular flexibility index (Phi) is 3.24. The summed E-state index contributed by atoms with van der Waals surface area (Å²) in [4.78, 5) is 11.5. The molecular formula is C11H16BrN3. The standard InChI is InChI=1S/C11H16BrN3/c1-8-5-13-11(14-6-8)15-4-3-9(2)10(12)7-15/h5-6,9-10H,3-4,7H2,1-2H3. The maximum Gasteiger partial charge on any atom is 0.225 e. The zero-order valence-corrected chi connectivity index (χ0v) is 10.7. The average molecular weight is 270 g/mol. The van der Waals surface area contributed by atoms with Crippen LogP contribution < -0.4 is 4.90 Å². The van der Waals surface area contributed by atoms with Gasteiger partial charge in [-0.3, -0.25) is 0 Å². The van der Waals surface area contributed by atoms with E-state index in [0.29, 0.717) is 4.83 Å². The minimum absolute atomic E-state index is 0.552. The number of nitrogens with zero attached hydrogens (tertiary/aromatic N) is 3. The van der Waals surface area contributed by atoms with Crippen LogP contribution >= 0.6 is 15.9 Å². The fraction of sp³-hybridized carbons (Fsp3) is 0.636. The van der Waals surface area contributed by atoms with Crippen molar-refractivity contribution in [2.75, 3.05) is 18.0 Å². The van der Waals surface area contributed by atoms with Crippen molar-refractivity contribution in [3.05, 3.63) is 18.0 Å². The summed E-state index contributed by atoms with van der Waals surface area (Å²) in [5, 5.41) is 0. The number of alkyl halides is 1. The summed E-state index contributed by atoms with van der Waals surface area (Å²) in [6.07, 6.45) is 4.96. The first-order chi connectivity index (χ1) is 7.16. The summed E-state index contributed by atoms with van der Waals surface area (Å²) in [5.41, 5.74) is 1.11. The second-order valence-corrected chi connectivity index (χ2v) is 5.46. The number of hydrogen-bond acceptors (Lipinski definition) is 3. The van der Waals surface area contributed by atoms with Crippen LogP contribution in [0.25, 0.3) is 0 Å². The molecule has 1 aliphatic heterocycles. The van der Waals surface area contributed by atoms with Crippen molar-refractivity contribution < 1.29 is 0 Å².